The fraction of sp³-hybridized carbons (Fsp3) is 0.444. The van der Waals surface area contributed by atoms with Crippen molar-refractivity contribution in [3.05, 3.63) is 59.8 Å². The van der Waals surface area contributed by atoms with Gasteiger partial charge in [0.15, 0.2) is 0 Å². The van der Waals surface area contributed by atoms with E-state index < -0.39 is 0 Å². The second-order valence-electron chi connectivity index (χ2n) is 5.54. The van der Waals surface area contributed by atoms with Gasteiger partial charge >= 0.3 is 0 Å². The number of rotatable bonds is 4. The summed E-state index contributed by atoms with van der Waals surface area (Å²) in [6.07, 6.45) is 13.9. The highest BCUT2D eigenvalue weighted by Crippen LogP contribution is 2.50. The average molecular weight is 242 g/mol. The normalized spacial score (nSPS) is 25.8. The van der Waals surface area contributed by atoms with Crippen LogP contribution < -0.4 is 0 Å². The van der Waals surface area contributed by atoms with Crippen LogP contribution in [0.25, 0.3) is 0 Å². The van der Waals surface area contributed by atoms with Crippen molar-refractivity contribution in [2.75, 3.05) is 0 Å². The Hall–Kier alpha value is -1.30. The van der Waals surface area contributed by atoms with E-state index in [4.69, 9.17) is 0 Å². The van der Waals surface area contributed by atoms with Crippen LogP contribution in [0.3, 0.4) is 0 Å². The highest BCUT2D eigenvalue weighted by molar-refractivity contribution is 5.52. The van der Waals surface area contributed by atoms with E-state index in [0.29, 0.717) is 5.92 Å². The molecule has 0 aromatic rings. The van der Waals surface area contributed by atoms with Crippen LogP contribution in [0.4, 0.5) is 0 Å². The third-order valence-electron chi connectivity index (χ3n) is 4.13. The fourth-order valence-electron chi connectivity index (χ4n) is 2.67. The van der Waals surface area contributed by atoms with Gasteiger partial charge in [-0.2, -0.15) is 0 Å². The molecule has 0 nitrogen and oxygen atoms in total. The van der Waals surface area contributed by atoms with E-state index in [1.807, 2.05) is 12.2 Å². The van der Waals surface area contributed by atoms with Gasteiger partial charge in [0.1, 0.15) is 0 Å². The van der Waals surface area contributed by atoms with Crippen molar-refractivity contribution >= 4 is 0 Å². The first kappa shape index (κ1) is 14.8. The molecule has 0 N–H and O–H groups in total. The van der Waals surface area contributed by atoms with E-state index in [9.17, 15) is 0 Å². The Balaban J connectivity index is 3.20. The highest BCUT2D eigenvalue weighted by atomic mass is 14.4. The molecule has 0 heteroatoms. The number of hydrogen-bond acceptors (Lipinski definition) is 0. The predicted octanol–water partition coefficient (Wildman–Crippen LogP) is 5.61. The Labute approximate surface area is 112 Å². The lowest BCUT2D eigenvalue weighted by atomic mass is 9.77. The van der Waals surface area contributed by atoms with Gasteiger partial charge < -0.3 is 0 Å². The van der Waals surface area contributed by atoms with Gasteiger partial charge in [-0.1, -0.05) is 70.7 Å². The van der Waals surface area contributed by atoms with Crippen molar-refractivity contribution in [1.29, 1.82) is 0 Å². The summed E-state index contributed by atoms with van der Waals surface area (Å²) in [6.45, 7) is 15.1. The topological polar surface area (TPSA) is 0 Å². The molecule has 0 heterocycles. The minimum Gasteiger partial charge on any atom is -0.0991 e. The molecule has 18 heavy (non-hydrogen) atoms. The molecule has 1 aliphatic rings. The van der Waals surface area contributed by atoms with Crippen LogP contribution in [0.2, 0.25) is 0 Å². The Morgan fingerprint density at radius 2 is 1.94 bits per heavy atom. The van der Waals surface area contributed by atoms with Gasteiger partial charge in [-0.15, -0.1) is 0 Å². The third kappa shape index (κ3) is 2.75. The largest absolute Gasteiger partial charge is 0.0991 e. The molecule has 0 saturated heterocycles. The zero-order valence-corrected chi connectivity index (χ0v) is 12.5. The first-order valence-electron chi connectivity index (χ1n) is 6.84. The lowest BCUT2D eigenvalue weighted by Crippen LogP contribution is -2.18. The molecule has 1 rings (SSSR count). The first-order valence-corrected chi connectivity index (χ1v) is 6.84. The average Bonchev–Trinajstić information content (AvgIpc) is 2.48. The summed E-state index contributed by atoms with van der Waals surface area (Å²) in [5.41, 5.74) is 4.53. The van der Waals surface area contributed by atoms with E-state index in [-0.39, 0.29) is 5.41 Å². The second-order valence-corrected chi connectivity index (χ2v) is 5.54. The summed E-state index contributed by atoms with van der Waals surface area (Å²) in [5, 5.41) is 0. The van der Waals surface area contributed by atoms with Crippen LogP contribution in [-0.2, 0) is 0 Å². The number of allylic oxidation sites excluding steroid dienone is 9. The van der Waals surface area contributed by atoms with Crippen LogP contribution in [0.1, 0.15) is 41.0 Å². The molecular weight excluding hydrogens is 216 g/mol. The van der Waals surface area contributed by atoms with Crippen molar-refractivity contribution in [3.8, 4) is 0 Å². The van der Waals surface area contributed by atoms with E-state index in [1.165, 1.54) is 16.7 Å². The van der Waals surface area contributed by atoms with Gasteiger partial charge in [0.25, 0.3) is 0 Å². The van der Waals surface area contributed by atoms with Crippen molar-refractivity contribution in [2.24, 2.45) is 11.3 Å². The Bertz CT molecular complexity index is 425. The van der Waals surface area contributed by atoms with Gasteiger partial charge in [0.2, 0.25) is 0 Å². The minimum atomic E-state index is 0.204. The van der Waals surface area contributed by atoms with E-state index in [2.05, 4.69) is 65.5 Å². The molecule has 98 valence electrons. The van der Waals surface area contributed by atoms with Gasteiger partial charge in [0.05, 0.1) is 0 Å². The van der Waals surface area contributed by atoms with Crippen molar-refractivity contribution < 1.29 is 0 Å². The van der Waals surface area contributed by atoms with Crippen molar-refractivity contribution in [1.82, 2.24) is 0 Å². The Morgan fingerprint density at radius 3 is 2.50 bits per heavy atom. The highest BCUT2D eigenvalue weighted by Gasteiger charge is 2.38. The van der Waals surface area contributed by atoms with Gasteiger partial charge in [-0.3, -0.25) is 0 Å². The molecule has 0 aromatic carbocycles. The Kier molecular flexibility index (Phi) is 4.95. The second kappa shape index (κ2) is 6.04. The van der Waals surface area contributed by atoms with Crippen LogP contribution in [0, 0.1) is 11.3 Å². The smallest absolute Gasteiger partial charge is 0.00348 e. The molecule has 0 bridgehead atoms. The SMILES string of the molecule is C=C/C=C\C1=C(C)C(=C/C=C\CC)/C(C)C1(C)C. The van der Waals surface area contributed by atoms with Crippen molar-refractivity contribution in [3.63, 3.8) is 0 Å². The van der Waals surface area contributed by atoms with Crippen molar-refractivity contribution in [2.45, 2.75) is 41.0 Å². The third-order valence-corrected chi connectivity index (χ3v) is 4.13. The van der Waals surface area contributed by atoms with Gasteiger partial charge in [-0.25, -0.2) is 0 Å². The standard InChI is InChI=1S/C18H26/c1-7-9-11-12-16-14(3)17(13-10-8-2)18(5,6)15(16)4/h8-13,15H,2,7H2,1,3-6H3/b11-9-,13-10-,16-12-. The first-order chi connectivity index (χ1) is 8.46. The lowest BCUT2D eigenvalue weighted by molar-refractivity contribution is 0.360. The summed E-state index contributed by atoms with van der Waals surface area (Å²) in [7, 11) is 0. The van der Waals surface area contributed by atoms with Crippen LogP contribution in [-0.4, -0.2) is 0 Å². The summed E-state index contributed by atoms with van der Waals surface area (Å²) >= 11 is 0. The van der Waals surface area contributed by atoms with Gasteiger partial charge in [0, 0.05) is 0 Å². The van der Waals surface area contributed by atoms with E-state index in [0.717, 1.165) is 6.42 Å². The predicted molar refractivity (Wildman–Crippen MR) is 82.5 cm³/mol. The maximum Gasteiger partial charge on any atom is -0.00348 e. The monoisotopic (exact) mass is 242 g/mol. The lowest BCUT2D eigenvalue weighted by Gasteiger charge is -2.27. The quantitative estimate of drug-likeness (QED) is 0.562. The molecule has 0 saturated carbocycles. The molecule has 1 aliphatic carbocycles. The van der Waals surface area contributed by atoms with E-state index >= 15 is 0 Å². The zero-order chi connectivity index (χ0) is 13.8. The number of hydrogen-bond donors (Lipinski definition) is 0. The fourth-order valence-corrected chi connectivity index (χ4v) is 2.67. The van der Waals surface area contributed by atoms with Crippen LogP contribution in [0.5, 0.6) is 0 Å². The minimum absolute atomic E-state index is 0.204. The summed E-state index contributed by atoms with van der Waals surface area (Å²) in [5.74, 6) is 0.559. The van der Waals surface area contributed by atoms with Crippen LogP contribution >= 0.6 is 0 Å². The molecule has 0 fully saturated rings. The molecule has 0 amide bonds. The molecule has 1 unspecified atom stereocenters. The summed E-state index contributed by atoms with van der Waals surface area (Å²) < 4.78 is 0. The van der Waals surface area contributed by atoms with Crippen LogP contribution in [0.15, 0.2) is 59.8 Å². The Morgan fingerprint density at radius 1 is 1.28 bits per heavy atom. The van der Waals surface area contributed by atoms with E-state index in [1.54, 1.807) is 0 Å². The maximum atomic E-state index is 3.76. The van der Waals surface area contributed by atoms with Gasteiger partial charge in [-0.05, 0) is 41.4 Å². The summed E-state index contributed by atoms with van der Waals surface area (Å²) in [4.78, 5) is 0. The molecule has 1 atom stereocenters. The summed E-state index contributed by atoms with van der Waals surface area (Å²) in [6, 6.07) is 0. The molecule has 0 radical (unpaired) electrons. The zero-order valence-electron chi connectivity index (χ0n) is 12.5. The molecular formula is C18H26. The molecule has 0 spiro atoms. The maximum absolute atomic E-state index is 3.76. The molecule has 0 aromatic heterocycles. The molecule has 0 aliphatic heterocycles.